The van der Waals surface area contributed by atoms with Gasteiger partial charge in [-0.25, -0.2) is 0 Å². The molecule has 0 fully saturated rings. The van der Waals surface area contributed by atoms with Gasteiger partial charge >= 0.3 is 5.97 Å². The van der Waals surface area contributed by atoms with Gasteiger partial charge in [0.1, 0.15) is 5.75 Å². The monoisotopic (exact) mass is 265 g/mol. The standard InChI is InChI=1S/C15H23NO3/c1-15(2,14(17)18)10-13(16(3)4)11-6-8-12(19-5)9-7-11/h6-9,13H,10H2,1-5H3,(H,17,18). The van der Waals surface area contributed by atoms with Crippen LogP contribution in [0.15, 0.2) is 24.3 Å². The zero-order chi connectivity index (χ0) is 14.6. The minimum atomic E-state index is -0.770. The van der Waals surface area contributed by atoms with Gasteiger partial charge in [-0.05, 0) is 52.1 Å². The van der Waals surface area contributed by atoms with E-state index in [0.717, 1.165) is 11.3 Å². The van der Waals surface area contributed by atoms with E-state index in [0.29, 0.717) is 6.42 Å². The number of carboxylic acids is 1. The fourth-order valence-electron chi connectivity index (χ4n) is 2.00. The Hall–Kier alpha value is -1.55. The summed E-state index contributed by atoms with van der Waals surface area (Å²) in [4.78, 5) is 13.3. The maximum absolute atomic E-state index is 11.3. The zero-order valence-electron chi connectivity index (χ0n) is 12.3. The van der Waals surface area contributed by atoms with E-state index in [9.17, 15) is 9.90 Å². The lowest BCUT2D eigenvalue weighted by Gasteiger charge is -2.31. The Morgan fingerprint density at radius 1 is 1.32 bits per heavy atom. The second-order valence-corrected chi connectivity index (χ2v) is 5.65. The molecule has 1 N–H and O–H groups in total. The van der Waals surface area contributed by atoms with Crippen LogP contribution in [0.2, 0.25) is 0 Å². The third-order valence-electron chi connectivity index (χ3n) is 3.41. The summed E-state index contributed by atoms with van der Waals surface area (Å²) in [5, 5.41) is 9.26. The molecule has 0 aliphatic carbocycles. The number of aliphatic carboxylic acids is 1. The molecule has 0 radical (unpaired) electrons. The number of carboxylic acid groups (broad SMARTS) is 1. The first-order valence-corrected chi connectivity index (χ1v) is 6.31. The van der Waals surface area contributed by atoms with Crippen molar-refractivity contribution in [2.75, 3.05) is 21.2 Å². The molecule has 0 spiro atoms. The van der Waals surface area contributed by atoms with Crippen molar-refractivity contribution in [3.05, 3.63) is 29.8 Å². The van der Waals surface area contributed by atoms with Crippen molar-refractivity contribution >= 4 is 5.97 Å². The smallest absolute Gasteiger partial charge is 0.309 e. The van der Waals surface area contributed by atoms with Crippen LogP contribution in [0.25, 0.3) is 0 Å². The first-order chi connectivity index (χ1) is 8.77. The molecule has 0 bridgehead atoms. The van der Waals surface area contributed by atoms with Gasteiger partial charge in [0.25, 0.3) is 0 Å². The lowest BCUT2D eigenvalue weighted by atomic mass is 9.83. The summed E-state index contributed by atoms with van der Waals surface area (Å²) >= 11 is 0. The highest BCUT2D eigenvalue weighted by molar-refractivity contribution is 5.73. The number of nitrogens with zero attached hydrogens (tertiary/aromatic N) is 1. The Labute approximate surface area is 115 Å². The third kappa shape index (κ3) is 3.96. The van der Waals surface area contributed by atoms with Gasteiger partial charge in [-0.1, -0.05) is 12.1 Å². The normalized spacial score (nSPS) is 13.4. The average Bonchev–Trinajstić information content (AvgIpc) is 2.35. The Morgan fingerprint density at radius 3 is 2.21 bits per heavy atom. The fraction of sp³-hybridized carbons (Fsp3) is 0.533. The van der Waals surface area contributed by atoms with E-state index in [1.165, 1.54) is 0 Å². The van der Waals surface area contributed by atoms with Crippen molar-refractivity contribution in [2.45, 2.75) is 26.3 Å². The molecule has 0 amide bonds. The minimum Gasteiger partial charge on any atom is -0.497 e. The number of carbonyl (C=O) groups is 1. The topological polar surface area (TPSA) is 49.8 Å². The van der Waals surface area contributed by atoms with Gasteiger partial charge in [0, 0.05) is 6.04 Å². The van der Waals surface area contributed by atoms with E-state index in [-0.39, 0.29) is 6.04 Å². The highest BCUT2D eigenvalue weighted by Gasteiger charge is 2.32. The van der Waals surface area contributed by atoms with Gasteiger partial charge in [-0.15, -0.1) is 0 Å². The summed E-state index contributed by atoms with van der Waals surface area (Å²) < 4.78 is 5.14. The predicted octanol–water partition coefficient (Wildman–Crippen LogP) is 2.80. The van der Waals surface area contributed by atoms with Crippen LogP contribution >= 0.6 is 0 Å². The van der Waals surface area contributed by atoms with E-state index < -0.39 is 11.4 Å². The number of methoxy groups -OCH3 is 1. The van der Waals surface area contributed by atoms with Crippen molar-refractivity contribution in [3.63, 3.8) is 0 Å². The largest absolute Gasteiger partial charge is 0.497 e. The Bertz CT molecular complexity index is 424. The average molecular weight is 265 g/mol. The predicted molar refractivity (Wildman–Crippen MR) is 75.5 cm³/mol. The van der Waals surface area contributed by atoms with Crippen LogP contribution in [0.3, 0.4) is 0 Å². The first kappa shape index (κ1) is 15.5. The molecule has 1 aromatic rings. The second kappa shape index (κ2) is 6.06. The van der Waals surface area contributed by atoms with E-state index >= 15 is 0 Å². The Kier molecular flexibility index (Phi) is 4.95. The molecule has 1 unspecified atom stereocenters. The van der Waals surface area contributed by atoms with Crippen molar-refractivity contribution in [2.24, 2.45) is 5.41 Å². The number of hydrogen-bond donors (Lipinski definition) is 1. The summed E-state index contributed by atoms with van der Waals surface area (Å²) in [5.41, 5.74) is 0.342. The molecule has 0 saturated heterocycles. The molecule has 19 heavy (non-hydrogen) atoms. The van der Waals surface area contributed by atoms with Gasteiger partial charge in [-0.3, -0.25) is 4.79 Å². The molecule has 1 aromatic carbocycles. The van der Waals surface area contributed by atoms with E-state index in [1.807, 2.05) is 43.3 Å². The van der Waals surface area contributed by atoms with Gasteiger partial charge in [0.05, 0.1) is 12.5 Å². The summed E-state index contributed by atoms with van der Waals surface area (Å²) in [7, 11) is 5.56. The van der Waals surface area contributed by atoms with Crippen molar-refractivity contribution in [1.29, 1.82) is 0 Å². The Balaban J connectivity index is 2.97. The van der Waals surface area contributed by atoms with Crippen LogP contribution in [0.4, 0.5) is 0 Å². The number of rotatable bonds is 6. The first-order valence-electron chi connectivity index (χ1n) is 6.31. The molecule has 4 nitrogen and oxygen atoms in total. The molecule has 4 heteroatoms. The van der Waals surface area contributed by atoms with Crippen LogP contribution in [0.1, 0.15) is 31.9 Å². The maximum atomic E-state index is 11.3. The molecule has 0 aliphatic heterocycles. The Morgan fingerprint density at radius 2 is 1.84 bits per heavy atom. The van der Waals surface area contributed by atoms with Gasteiger partial charge in [0.15, 0.2) is 0 Å². The van der Waals surface area contributed by atoms with E-state index in [4.69, 9.17) is 4.74 Å². The van der Waals surface area contributed by atoms with Crippen molar-refractivity contribution in [3.8, 4) is 5.75 Å². The second-order valence-electron chi connectivity index (χ2n) is 5.65. The molecule has 1 rings (SSSR count). The highest BCUT2D eigenvalue weighted by Crippen LogP contribution is 2.33. The molecular weight excluding hydrogens is 242 g/mol. The lowest BCUT2D eigenvalue weighted by Crippen LogP contribution is -2.31. The van der Waals surface area contributed by atoms with Gasteiger partial charge in [-0.2, -0.15) is 0 Å². The van der Waals surface area contributed by atoms with Crippen molar-refractivity contribution < 1.29 is 14.6 Å². The number of benzene rings is 1. The van der Waals surface area contributed by atoms with E-state index in [1.54, 1.807) is 21.0 Å². The lowest BCUT2D eigenvalue weighted by molar-refractivity contribution is -0.148. The summed E-state index contributed by atoms with van der Waals surface area (Å²) in [5.74, 6) is 0.0339. The van der Waals surface area contributed by atoms with Crippen LogP contribution in [0.5, 0.6) is 5.75 Å². The molecular formula is C15H23NO3. The summed E-state index contributed by atoms with van der Waals surface area (Å²) in [6, 6.07) is 7.85. The fourth-order valence-corrected chi connectivity index (χ4v) is 2.00. The van der Waals surface area contributed by atoms with Gasteiger partial charge in [0.2, 0.25) is 0 Å². The van der Waals surface area contributed by atoms with E-state index in [2.05, 4.69) is 0 Å². The van der Waals surface area contributed by atoms with Crippen LogP contribution in [-0.4, -0.2) is 37.2 Å². The SMILES string of the molecule is COc1ccc(C(CC(C)(C)C(=O)O)N(C)C)cc1. The van der Waals surface area contributed by atoms with Crippen LogP contribution in [0, 0.1) is 5.41 Å². The number of ether oxygens (including phenoxy) is 1. The van der Waals surface area contributed by atoms with Crippen LogP contribution in [-0.2, 0) is 4.79 Å². The molecule has 106 valence electrons. The number of hydrogen-bond acceptors (Lipinski definition) is 3. The molecule has 0 saturated carbocycles. The highest BCUT2D eigenvalue weighted by atomic mass is 16.5. The summed E-state index contributed by atoms with van der Waals surface area (Å²) in [6.07, 6.45) is 0.557. The molecule has 0 aromatic heterocycles. The third-order valence-corrected chi connectivity index (χ3v) is 3.41. The zero-order valence-corrected chi connectivity index (χ0v) is 12.3. The van der Waals surface area contributed by atoms with Crippen LogP contribution < -0.4 is 4.74 Å². The van der Waals surface area contributed by atoms with Crippen molar-refractivity contribution in [1.82, 2.24) is 4.90 Å². The minimum absolute atomic E-state index is 0.0667. The molecule has 1 atom stereocenters. The van der Waals surface area contributed by atoms with Gasteiger partial charge < -0.3 is 14.7 Å². The summed E-state index contributed by atoms with van der Waals surface area (Å²) in [6.45, 7) is 3.52. The quantitative estimate of drug-likeness (QED) is 0.859. The molecule has 0 aliphatic rings. The molecule has 0 heterocycles. The maximum Gasteiger partial charge on any atom is 0.309 e.